The van der Waals surface area contributed by atoms with Gasteiger partial charge in [0.15, 0.2) is 0 Å². The van der Waals surface area contributed by atoms with E-state index >= 15 is 0 Å². The van der Waals surface area contributed by atoms with Gasteiger partial charge in [0.2, 0.25) is 0 Å². The highest BCUT2D eigenvalue weighted by Gasteiger charge is 2.31. The van der Waals surface area contributed by atoms with E-state index in [1.807, 2.05) is 12.1 Å². The number of hydrogen-bond acceptors (Lipinski definition) is 1. The third kappa shape index (κ3) is 3.05. The van der Waals surface area contributed by atoms with Crippen LogP contribution in [0.15, 0.2) is 24.3 Å². The molecule has 0 spiro atoms. The van der Waals surface area contributed by atoms with Crippen molar-refractivity contribution in [3.63, 3.8) is 0 Å². The second-order valence-corrected chi connectivity index (χ2v) is 5.08. The lowest BCUT2D eigenvalue weighted by Gasteiger charge is -2.12. The first-order chi connectivity index (χ1) is 7.66. The maximum absolute atomic E-state index is 12.7. The zero-order chi connectivity index (χ0) is 11.5. The minimum atomic E-state index is -0.157. The highest BCUT2D eigenvalue weighted by Crippen LogP contribution is 2.36. The van der Waals surface area contributed by atoms with Crippen LogP contribution in [0.4, 0.5) is 4.39 Å². The van der Waals surface area contributed by atoms with Gasteiger partial charge in [-0.25, -0.2) is 4.39 Å². The fraction of sp³-hybridized carbons (Fsp3) is 0.571. The predicted octanol–water partition coefficient (Wildman–Crippen LogP) is 3.17. The summed E-state index contributed by atoms with van der Waals surface area (Å²) in [4.78, 5) is 0. The topological polar surface area (TPSA) is 12.0 Å². The maximum Gasteiger partial charge on any atom is 0.123 e. The zero-order valence-corrected chi connectivity index (χ0v) is 10.0. The third-order valence-corrected chi connectivity index (χ3v) is 3.57. The van der Waals surface area contributed by atoms with E-state index in [1.165, 1.54) is 24.1 Å². The fourth-order valence-electron chi connectivity index (χ4n) is 2.08. The summed E-state index contributed by atoms with van der Waals surface area (Å²) in [6.07, 6.45) is 1.37. The Morgan fingerprint density at radius 1 is 1.38 bits per heavy atom. The average molecular weight is 221 g/mol. The van der Waals surface area contributed by atoms with Gasteiger partial charge in [0.25, 0.3) is 0 Å². The normalized spacial score (nSPS) is 25.4. The van der Waals surface area contributed by atoms with Gasteiger partial charge in [-0.2, -0.15) is 0 Å². The van der Waals surface area contributed by atoms with Crippen LogP contribution in [-0.2, 0) is 0 Å². The molecule has 1 aliphatic rings. The molecule has 2 rings (SSSR count). The van der Waals surface area contributed by atoms with Crippen LogP contribution in [0.2, 0.25) is 0 Å². The van der Waals surface area contributed by atoms with Crippen molar-refractivity contribution in [2.75, 3.05) is 13.1 Å². The molecule has 0 heterocycles. The molecule has 1 aliphatic carbocycles. The van der Waals surface area contributed by atoms with E-state index in [0.717, 1.165) is 24.9 Å². The molecule has 0 saturated heterocycles. The number of nitrogens with one attached hydrogen (secondary N) is 1. The summed E-state index contributed by atoms with van der Waals surface area (Å²) in [5, 5.41) is 3.50. The van der Waals surface area contributed by atoms with Crippen LogP contribution in [0.1, 0.15) is 31.7 Å². The van der Waals surface area contributed by atoms with E-state index in [-0.39, 0.29) is 5.82 Å². The predicted molar refractivity (Wildman–Crippen MR) is 65.0 cm³/mol. The Bertz CT molecular complexity index is 333. The van der Waals surface area contributed by atoms with Crippen molar-refractivity contribution < 1.29 is 4.39 Å². The molecule has 1 aromatic rings. The van der Waals surface area contributed by atoms with Crippen molar-refractivity contribution in [3.8, 4) is 0 Å². The molecule has 1 aromatic carbocycles. The summed E-state index contributed by atoms with van der Waals surface area (Å²) in [6.45, 7) is 6.59. The molecule has 3 unspecified atom stereocenters. The first-order valence-electron chi connectivity index (χ1n) is 6.13. The smallest absolute Gasteiger partial charge is 0.123 e. The van der Waals surface area contributed by atoms with Gasteiger partial charge in [0, 0.05) is 6.54 Å². The molecule has 1 nitrogen and oxygen atoms in total. The summed E-state index contributed by atoms with van der Waals surface area (Å²) in [5.74, 6) is 2.10. The van der Waals surface area contributed by atoms with Gasteiger partial charge in [0.05, 0.1) is 0 Å². The summed E-state index contributed by atoms with van der Waals surface area (Å²) >= 11 is 0. The lowest BCUT2D eigenvalue weighted by Crippen LogP contribution is -2.22. The van der Waals surface area contributed by atoms with E-state index in [1.54, 1.807) is 0 Å². The first kappa shape index (κ1) is 11.6. The number of rotatable bonds is 5. The first-order valence-corrected chi connectivity index (χ1v) is 6.13. The van der Waals surface area contributed by atoms with Crippen molar-refractivity contribution in [2.45, 2.75) is 26.2 Å². The Labute approximate surface area is 97.1 Å². The lowest BCUT2D eigenvalue weighted by molar-refractivity contribution is 0.570. The van der Waals surface area contributed by atoms with Gasteiger partial charge in [0.1, 0.15) is 5.82 Å². The van der Waals surface area contributed by atoms with Gasteiger partial charge in [-0.1, -0.05) is 26.0 Å². The number of hydrogen-bond donors (Lipinski definition) is 1. The average Bonchev–Trinajstić information content (AvgIpc) is 2.95. The molecule has 0 radical (unpaired) electrons. The van der Waals surface area contributed by atoms with Crippen molar-refractivity contribution in [2.24, 2.45) is 11.8 Å². The van der Waals surface area contributed by atoms with E-state index < -0.39 is 0 Å². The van der Waals surface area contributed by atoms with Crippen LogP contribution in [0.3, 0.4) is 0 Å². The zero-order valence-electron chi connectivity index (χ0n) is 10.0. The van der Waals surface area contributed by atoms with Crippen molar-refractivity contribution >= 4 is 0 Å². The van der Waals surface area contributed by atoms with E-state index in [9.17, 15) is 4.39 Å². The van der Waals surface area contributed by atoms with Crippen LogP contribution in [0.25, 0.3) is 0 Å². The molecule has 0 aromatic heterocycles. The van der Waals surface area contributed by atoms with Crippen LogP contribution < -0.4 is 5.32 Å². The Hall–Kier alpha value is -0.890. The molecule has 88 valence electrons. The summed E-state index contributed by atoms with van der Waals surface area (Å²) < 4.78 is 12.7. The molecule has 0 aliphatic heterocycles. The Morgan fingerprint density at radius 2 is 2.00 bits per heavy atom. The van der Waals surface area contributed by atoms with E-state index in [4.69, 9.17) is 0 Å². The van der Waals surface area contributed by atoms with Crippen LogP contribution in [-0.4, -0.2) is 13.1 Å². The minimum Gasteiger partial charge on any atom is -0.316 e. The van der Waals surface area contributed by atoms with Gasteiger partial charge in [-0.15, -0.1) is 0 Å². The maximum atomic E-state index is 12.7. The molecule has 1 saturated carbocycles. The molecular formula is C14H20FN. The molecule has 3 atom stereocenters. The van der Waals surface area contributed by atoms with E-state index in [2.05, 4.69) is 19.2 Å². The van der Waals surface area contributed by atoms with Crippen molar-refractivity contribution in [1.82, 2.24) is 5.32 Å². The highest BCUT2D eigenvalue weighted by molar-refractivity contribution is 5.20. The Morgan fingerprint density at radius 3 is 2.56 bits per heavy atom. The molecule has 0 amide bonds. The van der Waals surface area contributed by atoms with E-state index in [0.29, 0.717) is 5.92 Å². The minimum absolute atomic E-state index is 0.157. The third-order valence-electron chi connectivity index (χ3n) is 3.57. The van der Waals surface area contributed by atoms with Crippen molar-refractivity contribution in [1.29, 1.82) is 0 Å². The molecule has 1 N–H and O–H groups in total. The fourth-order valence-corrected chi connectivity index (χ4v) is 2.08. The molecule has 2 heteroatoms. The monoisotopic (exact) mass is 221 g/mol. The summed E-state index contributed by atoms with van der Waals surface area (Å²) in [6, 6.07) is 6.83. The van der Waals surface area contributed by atoms with Crippen LogP contribution >= 0.6 is 0 Å². The molecule has 1 fully saturated rings. The highest BCUT2D eigenvalue weighted by atomic mass is 19.1. The van der Waals surface area contributed by atoms with Crippen LogP contribution in [0.5, 0.6) is 0 Å². The van der Waals surface area contributed by atoms with Gasteiger partial charge >= 0.3 is 0 Å². The Kier molecular flexibility index (Phi) is 3.59. The van der Waals surface area contributed by atoms with Crippen molar-refractivity contribution in [3.05, 3.63) is 35.6 Å². The SMILES string of the molecule is CC(CNCC1CC1C)c1ccc(F)cc1. The molecule has 16 heavy (non-hydrogen) atoms. The lowest BCUT2D eigenvalue weighted by atomic mass is 10.0. The number of halogens is 1. The second-order valence-electron chi connectivity index (χ2n) is 5.08. The number of benzene rings is 1. The second kappa shape index (κ2) is 4.96. The molecular weight excluding hydrogens is 201 g/mol. The summed E-state index contributed by atoms with van der Waals surface area (Å²) in [7, 11) is 0. The standard InChI is InChI=1S/C14H20FN/c1-10-7-13(10)9-16-8-11(2)12-3-5-14(15)6-4-12/h3-6,10-11,13,16H,7-9H2,1-2H3. The Balaban J connectivity index is 1.74. The molecule has 0 bridgehead atoms. The largest absolute Gasteiger partial charge is 0.316 e. The van der Waals surface area contributed by atoms with Gasteiger partial charge in [-0.3, -0.25) is 0 Å². The quantitative estimate of drug-likeness (QED) is 0.805. The van der Waals surface area contributed by atoms with Gasteiger partial charge < -0.3 is 5.32 Å². The summed E-state index contributed by atoms with van der Waals surface area (Å²) in [5.41, 5.74) is 1.21. The van der Waals surface area contributed by atoms with Crippen LogP contribution in [0, 0.1) is 17.7 Å². The van der Waals surface area contributed by atoms with Gasteiger partial charge in [-0.05, 0) is 48.4 Å².